The van der Waals surface area contributed by atoms with Gasteiger partial charge in [0.25, 0.3) is 5.91 Å². The zero-order valence-electron chi connectivity index (χ0n) is 19.6. The Morgan fingerprint density at radius 3 is 2.78 bits per heavy atom. The van der Waals surface area contributed by atoms with Crippen LogP contribution in [0.4, 0.5) is 11.4 Å². The second kappa shape index (κ2) is 10.7. The molecule has 1 aliphatic heterocycles. The Balaban J connectivity index is 1.19. The molecular formula is C28H26ClN3O4. The minimum Gasteiger partial charge on any atom is -0.494 e. The number of amides is 2. The van der Waals surface area contributed by atoms with Crippen LogP contribution in [-0.4, -0.2) is 36.6 Å². The third-order valence-electron chi connectivity index (χ3n) is 6.07. The van der Waals surface area contributed by atoms with Gasteiger partial charge in [-0.1, -0.05) is 29.8 Å². The zero-order chi connectivity index (χ0) is 24.9. The molecule has 2 heterocycles. The van der Waals surface area contributed by atoms with E-state index in [2.05, 4.69) is 10.3 Å². The molecule has 0 fully saturated rings. The Labute approximate surface area is 214 Å². The van der Waals surface area contributed by atoms with Crippen molar-refractivity contribution in [2.75, 3.05) is 30.0 Å². The molecule has 7 nitrogen and oxygen atoms in total. The van der Waals surface area contributed by atoms with E-state index in [1.165, 1.54) is 0 Å². The number of ether oxygens (including phenoxy) is 2. The molecule has 0 saturated carbocycles. The van der Waals surface area contributed by atoms with Crippen molar-refractivity contribution in [1.29, 1.82) is 0 Å². The van der Waals surface area contributed by atoms with E-state index < -0.39 is 0 Å². The third-order valence-corrected chi connectivity index (χ3v) is 6.32. The van der Waals surface area contributed by atoms with Gasteiger partial charge in [0.15, 0.2) is 6.61 Å². The molecule has 1 aromatic heterocycles. The molecule has 184 valence electrons. The second-order valence-corrected chi connectivity index (χ2v) is 9.05. The number of nitrogens with one attached hydrogen (secondary N) is 2. The number of rotatable bonds is 9. The van der Waals surface area contributed by atoms with E-state index in [1.54, 1.807) is 35.2 Å². The fourth-order valence-electron chi connectivity index (χ4n) is 4.27. The second-order valence-electron chi connectivity index (χ2n) is 8.61. The maximum atomic E-state index is 12.8. The van der Waals surface area contributed by atoms with Crippen molar-refractivity contribution < 1.29 is 19.1 Å². The van der Waals surface area contributed by atoms with Crippen molar-refractivity contribution in [2.24, 2.45) is 0 Å². The van der Waals surface area contributed by atoms with Crippen LogP contribution in [-0.2, 0) is 16.0 Å². The van der Waals surface area contributed by atoms with Gasteiger partial charge in [-0.05, 0) is 66.9 Å². The minimum absolute atomic E-state index is 0.000540. The maximum Gasteiger partial charge on any atom is 0.265 e. The van der Waals surface area contributed by atoms with E-state index in [1.807, 2.05) is 42.6 Å². The molecule has 0 saturated heterocycles. The van der Waals surface area contributed by atoms with Gasteiger partial charge in [-0.2, -0.15) is 0 Å². The number of unbranched alkanes of at least 4 members (excludes halogenated alkanes) is 1. The average Bonchev–Trinajstić information content (AvgIpc) is 3.28. The van der Waals surface area contributed by atoms with Crippen LogP contribution in [0, 0.1) is 0 Å². The molecule has 0 spiro atoms. The van der Waals surface area contributed by atoms with Crippen molar-refractivity contribution in [3.63, 3.8) is 0 Å². The molecule has 4 aromatic rings. The van der Waals surface area contributed by atoms with Gasteiger partial charge >= 0.3 is 0 Å². The SMILES string of the molecule is O=C(Cc1c[nH]c2ccccc12)Nc1ccc2c(c1)N(CCCCOc1ccc(Cl)cc1)C(=O)CO2. The number of carbonyl (C=O) groups excluding carboxylic acids is 2. The van der Waals surface area contributed by atoms with Gasteiger partial charge in [0, 0.05) is 34.4 Å². The van der Waals surface area contributed by atoms with Crippen molar-refractivity contribution >= 4 is 45.7 Å². The van der Waals surface area contributed by atoms with E-state index in [0.717, 1.165) is 35.1 Å². The fourth-order valence-corrected chi connectivity index (χ4v) is 4.40. The number of aromatic amines is 1. The molecule has 0 bridgehead atoms. The normalized spacial score (nSPS) is 12.8. The molecule has 0 aliphatic carbocycles. The lowest BCUT2D eigenvalue weighted by Gasteiger charge is -2.30. The maximum absolute atomic E-state index is 12.8. The Hall–Kier alpha value is -3.97. The molecule has 2 N–H and O–H groups in total. The van der Waals surface area contributed by atoms with E-state index in [0.29, 0.717) is 35.3 Å². The summed E-state index contributed by atoms with van der Waals surface area (Å²) < 4.78 is 11.4. The average molecular weight is 504 g/mol. The Morgan fingerprint density at radius 1 is 1.08 bits per heavy atom. The smallest absolute Gasteiger partial charge is 0.265 e. The number of hydrogen-bond donors (Lipinski definition) is 2. The molecule has 0 unspecified atom stereocenters. The van der Waals surface area contributed by atoms with Crippen LogP contribution in [0.1, 0.15) is 18.4 Å². The van der Waals surface area contributed by atoms with Gasteiger partial charge in [0.2, 0.25) is 5.91 Å². The van der Waals surface area contributed by atoms with E-state index >= 15 is 0 Å². The number of H-pyrrole nitrogens is 1. The van der Waals surface area contributed by atoms with Gasteiger partial charge in [-0.25, -0.2) is 0 Å². The summed E-state index contributed by atoms with van der Waals surface area (Å²) in [5.41, 5.74) is 3.21. The monoisotopic (exact) mass is 503 g/mol. The number of aromatic nitrogens is 1. The highest BCUT2D eigenvalue weighted by Crippen LogP contribution is 2.35. The Morgan fingerprint density at radius 2 is 1.92 bits per heavy atom. The Kier molecular flexibility index (Phi) is 7.09. The van der Waals surface area contributed by atoms with Crippen LogP contribution in [0.5, 0.6) is 11.5 Å². The van der Waals surface area contributed by atoms with Gasteiger partial charge in [-0.15, -0.1) is 0 Å². The predicted molar refractivity (Wildman–Crippen MR) is 141 cm³/mol. The number of nitrogens with zero attached hydrogens (tertiary/aromatic N) is 1. The lowest BCUT2D eigenvalue weighted by molar-refractivity contribution is -0.121. The van der Waals surface area contributed by atoms with Crippen LogP contribution < -0.4 is 19.7 Å². The number of carbonyl (C=O) groups is 2. The molecule has 0 atom stereocenters. The van der Waals surface area contributed by atoms with Gasteiger partial charge in [0.1, 0.15) is 11.5 Å². The molecule has 2 amide bonds. The fraction of sp³-hybridized carbons (Fsp3) is 0.214. The van der Waals surface area contributed by atoms with Crippen LogP contribution >= 0.6 is 11.6 Å². The zero-order valence-corrected chi connectivity index (χ0v) is 20.4. The Bertz CT molecular complexity index is 1380. The predicted octanol–water partition coefficient (Wildman–Crippen LogP) is 5.59. The molecular weight excluding hydrogens is 478 g/mol. The highest BCUT2D eigenvalue weighted by atomic mass is 35.5. The number of hydrogen-bond acceptors (Lipinski definition) is 4. The molecule has 8 heteroatoms. The summed E-state index contributed by atoms with van der Waals surface area (Å²) >= 11 is 5.90. The summed E-state index contributed by atoms with van der Waals surface area (Å²) in [5.74, 6) is 1.15. The first-order valence-electron chi connectivity index (χ1n) is 11.9. The first kappa shape index (κ1) is 23.8. The summed E-state index contributed by atoms with van der Waals surface area (Å²) in [6.07, 6.45) is 3.65. The van der Waals surface area contributed by atoms with Crippen molar-refractivity contribution in [2.45, 2.75) is 19.3 Å². The number of anilines is 2. The molecule has 5 rings (SSSR count). The van der Waals surface area contributed by atoms with E-state index in [4.69, 9.17) is 21.1 Å². The summed E-state index contributed by atoms with van der Waals surface area (Å²) in [7, 11) is 0. The summed E-state index contributed by atoms with van der Waals surface area (Å²) in [6.45, 7) is 1.07. The molecule has 36 heavy (non-hydrogen) atoms. The lowest BCUT2D eigenvalue weighted by atomic mass is 10.1. The highest BCUT2D eigenvalue weighted by molar-refractivity contribution is 6.30. The number of para-hydroxylation sites is 1. The summed E-state index contributed by atoms with van der Waals surface area (Å²) in [6, 6.07) is 20.5. The third kappa shape index (κ3) is 5.47. The summed E-state index contributed by atoms with van der Waals surface area (Å²) in [4.78, 5) is 30.3. The number of benzene rings is 3. The van der Waals surface area contributed by atoms with Gasteiger partial charge in [0.05, 0.1) is 18.7 Å². The first-order valence-corrected chi connectivity index (χ1v) is 12.2. The number of fused-ring (bicyclic) bond motifs is 2. The van der Waals surface area contributed by atoms with Crippen molar-refractivity contribution in [1.82, 2.24) is 4.98 Å². The topological polar surface area (TPSA) is 83.7 Å². The van der Waals surface area contributed by atoms with Crippen molar-refractivity contribution in [3.05, 3.63) is 83.5 Å². The van der Waals surface area contributed by atoms with Gasteiger partial charge < -0.3 is 24.7 Å². The molecule has 1 aliphatic rings. The van der Waals surface area contributed by atoms with E-state index in [-0.39, 0.29) is 24.8 Å². The van der Waals surface area contributed by atoms with Crippen LogP contribution in [0.2, 0.25) is 5.02 Å². The molecule has 0 radical (unpaired) electrons. The first-order chi connectivity index (χ1) is 17.6. The number of halogens is 1. The van der Waals surface area contributed by atoms with Crippen LogP contribution in [0.3, 0.4) is 0 Å². The van der Waals surface area contributed by atoms with Crippen LogP contribution in [0.15, 0.2) is 72.9 Å². The highest BCUT2D eigenvalue weighted by Gasteiger charge is 2.25. The van der Waals surface area contributed by atoms with E-state index in [9.17, 15) is 9.59 Å². The van der Waals surface area contributed by atoms with Gasteiger partial charge in [-0.3, -0.25) is 9.59 Å². The molecule has 3 aromatic carbocycles. The largest absolute Gasteiger partial charge is 0.494 e. The quantitative estimate of drug-likeness (QED) is 0.292. The standard InChI is InChI=1S/C28H26ClN3O4/c29-20-7-10-22(11-8-20)35-14-4-3-13-32-25-16-21(9-12-26(25)36-18-28(32)34)31-27(33)15-19-17-30-24-6-2-1-5-23(19)24/h1-2,5-12,16-17,30H,3-4,13-15,18H2,(H,31,33). The van der Waals surface area contributed by atoms with Crippen LogP contribution in [0.25, 0.3) is 10.9 Å². The minimum atomic E-state index is -0.131. The van der Waals surface area contributed by atoms with Crippen molar-refractivity contribution in [3.8, 4) is 11.5 Å². The lowest BCUT2D eigenvalue weighted by Crippen LogP contribution is -2.39. The summed E-state index contributed by atoms with van der Waals surface area (Å²) in [5, 5.41) is 4.65.